The number of carbonyl (C=O) groups excluding carboxylic acids is 2. The molecule has 0 aliphatic carbocycles. The predicted octanol–water partition coefficient (Wildman–Crippen LogP) is 6.77. The van der Waals surface area contributed by atoms with Gasteiger partial charge in [-0.1, -0.05) is 42.3 Å². The number of nitrogens with one attached hydrogen (secondary N) is 2. The highest BCUT2D eigenvalue weighted by Crippen LogP contribution is 2.49. The minimum absolute atomic E-state index is 0.0953. The fraction of sp³-hybridized carbons (Fsp3) is 0.500. The number of alkyl carbamates (subject to hydrolysis) is 1. The molecule has 3 aliphatic heterocycles. The van der Waals surface area contributed by atoms with Crippen molar-refractivity contribution in [3.63, 3.8) is 0 Å². The number of fused-ring (bicyclic) bond motifs is 5. The van der Waals surface area contributed by atoms with Gasteiger partial charge >= 0.3 is 18.4 Å². The van der Waals surface area contributed by atoms with Crippen molar-refractivity contribution in [3.8, 4) is 5.75 Å². The number of benzene rings is 2. The fourth-order valence-electron chi connectivity index (χ4n) is 7.02. The summed E-state index contributed by atoms with van der Waals surface area (Å²) in [6.45, 7) is 5.59. The number of amides is 2. The van der Waals surface area contributed by atoms with Gasteiger partial charge in [0, 0.05) is 51.2 Å². The first kappa shape index (κ1) is 40.6. The number of methoxy groups -OCH3 is 2. The van der Waals surface area contributed by atoms with Crippen LogP contribution in [0, 0.1) is 16.0 Å². The Morgan fingerprint density at radius 2 is 1.96 bits per heavy atom. The highest BCUT2D eigenvalue weighted by atomic mass is 35.5. The molecule has 0 unspecified atom stereocenters. The number of nitro groups is 1. The number of alkyl halides is 3. The summed E-state index contributed by atoms with van der Waals surface area (Å²) in [7, 11) is 4.67. The molecule has 7 atom stereocenters. The molecule has 5 rings (SSSR count). The van der Waals surface area contributed by atoms with Crippen LogP contribution in [0.2, 0.25) is 5.02 Å². The van der Waals surface area contributed by atoms with Crippen molar-refractivity contribution in [2.75, 3.05) is 38.0 Å². The van der Waals surface area contributed by atoms with E-state index in [-0.39, 0.29) is 25.1 Å². The number of aliphatic hydroxyl groups is 1. The number of anilines is 2. The number of nitrogens with zero attached hydrogens (tertiary/aromatic N) is 2. The fourth-order valence-corrected chi connectivity index (χ4v) is 7.35. The minimum Gasteiger partial charge on any atom is -0.495 e. The van der Waals surface area contributed by atoms with Crippen LogP contribution >= 0.6 is 11.6 Å². The molecule has 0 aromatic heterocycles. The molecular weight excluding hydrogens is 741 g/mol. The number of carbonyl (C=O) groups is 2. The van der Waals surface area contributed by atoms with Crippen molar-refractivity contribution in [3.05, 3.63) is 80.4 Å². The normalized spacial score (nSPS) is 30.4. The monoisotopic (exact) mass is 782 g/mol. The second kappa shape index (κ2) is 15.6. The third-order valence-electron chi connectivity index (χ3n) is 9.99. The Bertz CT molecular complexity index is 1840. The lowest BCUT2D eigenvalue weighted by Crippen LogP contribution is -2.63. The van der Waals surface area contributed by atoms with Crippen molar-refractivity contribution in [1.82, 2.24) is 5.32 Å². The van der Waals surface area contributed by atoms with Gasteiger partial charge in [-0.15, -0.1) is 0 Å². The highest BCUT2D eigenvalue weighted by Gasteiger charge is 2.64. The van der Waals surface area contributed by atoms with Crippen LogP contribution in [0.25, 0.3) is 0 Å². The van der Waals surface area contributed by atoms with Crippen LogP contribution < -0.4 is 20.3 Å². The van der Waals surface area contributed by atoms with E-state index < -0.39 is 76.2 Å². The van der Waals surface area contributed by atoms with Gasteiger partial charge in [-0.25, -0.2) is 9.59 Å². The summed E-state index contributed by atoms with van der Waals surface area (Å²) in [5.74, 6) is -0.139. The van der Waals surface area contributed by atoms with Gasteiger partial charge in [0.1, 0.15) is 40.2 Å². The number of ether oxygens (including phenoxy) is 5. The molecule has 3 heterocycles. The van der Waals surface area contributed by atoms with Crippen LogP contribution in [0.3, 0.4) is 0 Å². The summed E-state index contributed by atoms with van der Waals surface area (Å²) < 4.78 is 69.8. The second-order valence-corrected chi connectivity index (χ2v) is 14.2. The Hall–Kier alpha value is -4.58. The van der Waals surface area contributed by atoms with Gasteiger partial charge in [0.15, 0.2) is 5.72 Å². The van der Waals surface area contributed by atoms with Crippen LogP contribution in [0.15, 0.2) is 54.1 Å². The zero-order chi connectivity index (χ0) is 39.7. The predicted molar refractivity (Wildman–Crippen MR) is 191 cm³/mol. The van der Waals surface area contributed by atoms with E-state index in [1.807, 2.05) is 30.0 Å². The molecule has 2 saturated heterocycles. The number of epoxide rings is 1. The maximum absolute atomic E-state index is 13.7. The molecule has 14 nitrogen and oxygen atoms in total. The number of halogens is 4. The van der Waals surface area contributed by atoms with Gasteiger partial charge in [0.25, 0.3) is 5.69 Å². The van der Waals surface area contributed by atoms with Crippen molar-refractivity contribution in [2.45, 2.75) is 82.0 Å². The molecule has 3 N–H and O–H groups in total. The van der Waals surface area contributed by atoms with Crippen LogP contribution in [0.5, 0.6) is 5.75 Å². The van der Waals surface area contributed by atoms with Crippen LogP contribution in [0.1, 0.15) is 44.7 Å². The highest BCUT2D eigenvalue weighted by molar-refractivity contribution is 6.34. The number of allylic oxidation sites excluding steroid dienone is 3. The van der Waals surface area contributed by atoms with E-state index in [2.05, 4.69) is 10.6 Å². The van der Waals surface area contributed by atoms with Gasteiger partial charge in [0.05, 0.1) is 23.8 Å². The lowest BCUT2D eigenvalue weighted by atomic mass is 9.83. The van der Waals surface area contributed by atoms with E-state index >= 15 is 0 Å². The molecule has 2 fully saturated rings. The zero-order valence-electron chi connectivity index (χ0n) is 30.4. The van der Waals surface area contributed by atoms with Gasteiger partial charge in [-0.05, 0) is 50.1 Å². The summed E-state index contributed by atoms with van der Waals surface area (Å²) in [5.41, 5.74) is -3.77. The molecule has 294 valence electrons. The summed E-state index contributed by atoms with van der Waals surface area (Å²) in [6, 6.07) is 5.76. The van der Waals surface area contributed by atoms with E-state index in [0.717, 1.165) is 17.2 Å². The Morgan fingerprint density at radius 3 is 2.61 bits per heavy atom. The van der Waals surface area contributed by atoms with Crippen molar-refractivity contribution in [1.29, 1.82) is 0 Å². The average molecular weight is 783 g/mol. The van der Waals surface area contributed by atoms with Crippen LogP contribution in [0.4, 0.5) is 39.8 Å². The Labute approximate surface area is 314 Å². The largest absolute Gasteiger partial charge is 0.495 e. The summed E-state index contributed by atoms with van der Waals surface area (Å²) in [6.07, 6.45) is -4.99. The molecule has 0 saturated carbocycles. The van der Waals surface area contributed by atoms with E-state index in [4.69, 9.17) is 35.3 Å². The zero-order valence-corrected chi connectivity index (χ0v) is 31.1. The van der Waals surface area contributed by atoms with Crippen molar-refractivity contribution < 1.29 is 56.5 Å². The lowest BCUT2D eigenvalue weighted by molar-refractivity contribution is -0.388. The smallest absolute Gasteiger partial charge is 0.423 e. The van der Waals surface area contributed by atoms with E-state index in [9.17, 15) is 38.0 Å². The Kier molecular flexibility index (Phi) is 11.8. The first-order valence-corrected chi connectivity index (χ1v) is 17.3. The molecule has 2 aromatic carbocycles. The molecule has 4 bridgehead atoms. The molecule has 3 aliphatic rings. The summed E-state index contributed by atoms with van der Waals surface area (Å²) >= 11 is 6.76. The van der Waals surface area contributed by atoms with Gasteiger partial charge in [-0.2, -0.15) is 13.2 Å². The topological polar surface area (TPSA) is 174 Å². The van der Waals surface area contributed by atoms with E-state index in [1.54, 1.807) is 33.0 Å². The molecule has 54 heavy (non-hydrogen) atoms. The molecule has 0 spiro atoms. The third-order valence-corrected chi connectivity index (χ3v) is 10.4. The third kappa shape index (κ3) is 8.69. The first-order valence-electron chi connectivity index (χ1n) is 17.0. The number of hydrogen-bond acceptors (Lipinski definition) is 11. The van der Waals surface area contributed by atoms with E-state index in [0.29, 0.717) is 35.0 Å². The summed E-state index contributed by atoms with van der Waals surface area (Å²) in [4.78, 5) is 38.0. The number of hydrogen-bond donors (Lipinski definition) is 3. The van der Waals surface area contributed by atoms with Crippen LogP contribution in [-0.2, 0) is 31.5 Å². The Balaban J connectivity index is 1.50. The SMILES string of the molecule is COc1cc2cc(c1Cl)N(C)CC[C@H](OC(=O)Nc1ccc([N+](=O)[O-])c(C(F)(F)F)c1)[C@]1(C)O[C@H]1[C@H](C)[C@@H]1C[C@@](O)(NC(=O)O1)[C@H](OC)/C=C/C=C(\C)C2. The summed E-state index contributed by atoms with van der Waals surface area (Å²) in [5, 5.41) is 28.0. The van der Waals surface area contributed by atoms with Gasteiger partial charge in [0.2, 0.25) is 0 Å². The standard InChI is InChI=1S/C36H42ClF3N4O10/c1-19-8-7-9-29(51-6)35(47)18-27(52-33(46)42-35)20(2)31-34(3,54-31)28(12-13-43(4)25-15-21(14-19)16-26(50-5)30(25)37)53-32(45)41-22-10-11-24(44(48)49)23(17-22)36(38,39)40/h7-11,15-17,20,27-29,31,47H,12-14,18H2,1-6H3,(H,41,45)(H,42,46)/b9-7+,19-8+/t20-,27+,28+,29-,31+,34+,35+/m1/s1. The maximum atomic E-state index is 13.7. The molecule has 0 radical (unpaired) electrons. The van der Waals surface area contributed by atoms with Gasteiger partial charge in [-0.3, -0.25) is 20.7 Å². The quantitative estimate of drug-likeness (QED) is 0.166. The lowest BCUT2D eigenvalue weighted by Gasteiger charge is -2.42. The molecule has 18 heteroatoms. The molecule has 2 amide bonds. The minimum atomic E-state index is -5.08. The average Bonchev–Trinajstić information content (AvgIpc) is 3.79. The second-order valence-electron chi connectivity index (χ2n) is 13.9. The van der Waals surface area contributed by atoms with E-state index in [1.165, 1.54) is 14.2 Å². The molecular formula is C36H42ClF3N4O10. The van der Waals surface area contributed by atoms with Crippen molar-refractivity contribution in [2.24, 2.45) is 5.92 Å². The maximum Gasteiger partial charge on any atom is 0.423 e. The number of nitro benzene ring substituents is 1. The molecule has 2 aromatic rings. The first-order chi connectivity index (χ1) is 25.3. The van der Waals surface area contributed by atoms with Gasteiger partial charge < -0.3 is 33.7 Å². The van der Waals surface area contributed by atoms with Crippen LogP contribution in [-0.4, -0.2) is 85.8 Å². The van der Waals surface area contributed by atoms with Crippen molar-refractivity contribution >= 4 is 40.8 Å². The number of rotatable bonds is 5. The Morgan fingerprint density at radius 1 is 1.24 bits per heavy atom.